The fourth-order valence-electron chi connectivity index (χ4n) is 5.52. The number of hydrogen-bond acceptors (Lipinski definition) is 4. The van der Waals surface area contributed by atoms with Crippen LogP contribution in [0.1, 0.15) is 49.4 Å². The number of nitrogens with one attached hydrogen (secondary N) is 2. The van der Waals surface area contributed by atoms with Gasteiger partial charge in [0.05, 0.1) is 22.3 Å². The molecule has 2 bridgehead atoms. The zero-order valence-electron chi connectivity index (χ0n) is 18.8. The van der Waals surface area contributed by atoms with Crippen LogP contribution in [-0.4, -0.2) is 39.1 Å². The van der Waals surface area contributed by atoms with Crippen molar-refractivity contribution < 1.29 is 18.7 Å². The van der Waals surface area contributed by atoms with Crippen LogP contribution >= 0.6 is 11.6 Å². The van der Waals surface area contributed by atoms with E-state index in [1.165, 1.54) is 18.2 Å². The number of pyridine rings is 1. The van der Waals surface area contributed by atoms with E-state index >= 15 is 0 Å². The highest BCUT2D eigenvalue weighted by Crippen LogP contribution is 2.50. The fourth-order valence-corrected chi connectivity index (χ4v) is 5.64. The van der Waals surface area contributed by atoms with E-state index < -0.39 is 5.82 Å². The molecule has 0 saturated heterocycles. The molecule has 3 saturated carbocycles. The van der Waals surface area contributed by atoms with Gasteiger partial charge in [0.2, 0.25) is 0 Å². The number of halogens is 2. The van der Waals surface area contributed by atoms with E-state index in [9.17, 15) is 14.0 Å². The first kappa shape index (κ1) is 22.7. The summed E-state index contributed by atoms with van der Waals surface area (Å²) in [4.78, 5) is 25.8. The van der Waals surface area contributed by atoms with Gasteiger partial charge >= 0.3 is 0 Å². The lowest BCUT2D eigenvalue weighted by Gasteiger charge is -2.57. The SMILES string of the molecule is CC1CC2(NC(=O)c3cnn4ccccc34)CCC1(NC(=O)COc1ccc(Cl)c(F)c1)CC2. The molecule has 2 aromatic heterocycles. The number of carbonyl (C=O) groups is 2. The van der Waals surface area contributed by atoms with Crippen LogP contribution in [0.3, 0.4) is 0 Å². The Morgan fingerprint density at radius 1 is 1.21 bits per heavy atom. The van der Waals surface area contributed by atoms with Crippen molar-refractivity contribution in [3.63, 3.8) is 0 Å². The Balaban J connectivity index is 1.21. The number of amides is 2. The van der Waals surface area contributed by atoms with Crippen LogP contribution < -0.4 is 15.4 Å². The smallest absolute Gasteiger partial charge is 0.258 e. The molecule has 3 aliphatic rings. The molecule has 2 N–H and O–H groups in total. The van der Waals surface area contributed by atoms with Gasteiger partial charge in [-0.2, -0.15) is 5.10 Å². The van der Waals surface area contributed by atoms with Crippen molar-refractivity contribution in [1.29, 1.82) is 0 Å². The quantitative estimate of drug-likeness (QED) is 0.550. The summed E-state index contributed by atoms with van der Waals surface area (Å²) in [5, 5.41) is 10.7. The van der Waals surface area contributed by atoms with E-state index in [0.29, 0.717) is 5.56 Å². The third kappa shape index (κ3) is 4.11. The van der Waals surface area contributed by atoms with Gasteiger partial charge < -0.3 is 15.4 Å². The Morgan fingerprint density at radius 2 is 2.00 bits per heavy atom. The summed E-state index contributed by atoms with van der Waals surface area (Å²) in [5.41, 5.74) is 0.721. The Kier molecular flexibility index (Phi) is 5.72. The molecule has 1 atom stereocenters. The minimum atomic E-state index is -0.589. The van der Waals surface area contributed by atoms with Crippen molar-refractivity contribution >= 4 is 28.9 Å². The number of aromatic nitrogens is 2. The highest BCUT2D eigenvalue weighted by molar-refractivity contribution is 6.30. The van der Waals surface area contributed by atoms with E-state index in [-0.39, 0.29) is 46.2 Å². The van der Waals surface area contributed by atoms with Crippen LogP contribution in [0.15, 0.2) is 48.8 Å². The van der Waals surface area contributed by atoms with E-state index in [2.05, 4.69) is 22.7 Å². The zero-order valence-corrected chi connectivity index (χ0v) is 19.6. The monoisotopic (exact) mass is 484 g/mol. The van der Waals surface area contributed by atoms with Crippen LogP contribution in [0, 0.1) is 11.7 Å². The number of fused-ring (bicyclic) bond motifs is 4. The molecule has 0 aliphatic heterocycles. The molecule has 3 fully saturated rings. The molecule has 2 heterocycles. The number of carbonyl (C=O) groups excluding carboxylic acids is 2. The van der Waals surface area contributed by atoms with Crippen LogP contribution in [0.2, 0.25) is 5.02 Å². The predicted octanol–water partition coefficient (Wildman–Crippen LogP) is 4.14. The number of rotatable bonds is 6. The Bertz CT molecular complexity index is 1250. The number of nitrogens with zero attached hydrogens (tertiary/aromatic N) is 2. The van der Waals surface area contributed by atoms with Crippen molar-refractivity contribution in [2.24, 2.45) is 5.92 Å². The normalized spacial score (nSPS) is 25.8. The van der Waals surface area contributed by atoms with Gasteiger partial charge in [0.25, 0.3) is 11.8 Å². The summed E-state index contributed by atoms with van der Waals surface area (Å²) in [7, 11) is 0. The van der Waals surface area contributed by atoms with E-state index in [0.717, 1.165) is 37.6 Å². The summed E-state index contributed by atoms with van der Waals surface area (Å²) in [6.45, 7) is 1.91. The molecule has 0 spiro atoms. The molecule has 1 unspecified atom stereocenters. The first-order chi connectivity index (χ1) is 16.3. The van der Waals surface area contributed by atoms with Crippen molar-refractivity contribution in [2.45, 2.75) is 50.1 Å². The third-order valence-corrected chi connectivity index (χ3v) is 7.75. The highest BCUT2D eigenvalue weighted by Gasteiger charge is 2.54. The van der Waals surface area contributed by atoms with Crippen LogP contribution in [-0.2, 0) is 4.79 Å². The Morgan fingerprint density at radius 3 is 2.74 bits per heavy atom. The van der Waals surface area contributed by atoms with Gasteiger partial charge in [-0.15, -0.1) is 0 Å². The number of ether oxygens (including phenoxy) is 1. The maximum absolute atomic E-state index is 13.6. The molecule has 7 nitrogen and oxygen atoms in total. The van der Waals surface area contributed by atoms with Crippen molar-refractivity contribution in [2.75, 3.05) is 6.61 Å². The molecule has 34 heavy (non-hydrogen) atoms. The minimum Gasteiger partial charge on any atom is -0.484 e. The van der Waals surface area contributed by atoms with E-state index in [4.69, 9.17) is 16.3 Å². The molecule has 6 rings (SSSR count). The molecule has 2 amide bonds. The van der Waals surface area contributed by atoms with Gasteiger partial charge in [-0.05, 0) is 62.3 Å². The summed E-state index contributed by atoms with van der Waals surface area (Å²) in [6, 6.07) is 9.73. The molecular weight excluding hydrogens is 459 g/mol. The van der Waals surface area contributed by atoms with Crippen LogP contribution in [0.4, 0.5) is 4.39 Å². The van der Waals surface area contributed by atoms with Gasteiger partial charge in [0.1, 0.15) is 11.6 Å². The third-order valence-electron chi connectivity index (χ3n) is 7.44. The standard InChI is InChI=1S/C25H26ClFN4O3/c1-16-13-24(30-23(33)18-14-28-31-11-3-2-4-21(18)31)7-9-25(16,10-8-24)29-22(32)15-34-17-5-6-19(26)20(27)12-17/h2-6,11-12,14,16H,7-10,13,15H2,1H3,(H,29,32)(H,30,33). The van der Waals surface area contributed by atoms with Crippen molar-refractivity contribution in [1.82, 2.24) is 20.2 Å². The summed E-state index contributed by atoms with van der Waals surface area (Å²) in [5.74, 6) is -0.517. The van der Waals surface area contributed by atoms with Crippen LogP contribution in [0.25, 0.3) is 5.52 Å². The first-order valence-corrected chi connectivity index (χ1v) is 11.8. The second-order valence-electron chi connectivity index (χ2n) is 9.50. The molecule has 0 radical (unpaired) electrons. The second-order valence-corrected chi connectivity index (χ2v) is 9.90. The Labute approximate surface area is 201 Å². The molecule has 3 aromatic rings. The van der Waals surface area contributed by atoms with Gasteiger partial charge in [0.15, 0.2) is 6.61 Å². The highest BCUT2D eigenvalue weighted by atomic mass is 35.5. The lowest BCUT2D eigenvalue weighted by molar-refractivity contribution is -0.128. The maximum Gasteiger partial charge on any atom is 0.258 e. The number of hydrogen-bond donors (Lipinski definition) is 2. The molecule has 9 heteroatoms. The minimum absolute atomic E-state index is 0.00563. The molecule has 3 aliphatic carbocycles. The molecule has 178 valence electrons. The van der Waals surface area contributed by atoms with Crippen molar-refractivity contribution in [3.8, 4) is 5.75 Å². The molecule has 1 aromatic carbocycles. The molecular formula is C25H26ClFN4O3. The lowest BCUT2D eigenvalue weighted by atomic mass is 9.56. The van der Waals surface area contributed by atoms with Crippen molar-refractivity contribution in [3.05, 3.63) is 65.2 Å². The largest absolute Gasteiger partial charge is 0.484 e. The summed E-state index contributed by atoms with van der Waals surface area (Å²) >= 11 is 5.69. The second kappa shape index (κ2) is 8.58. The summed E-state index contributed by atoms with van der Waals surface area (Å²) in [6.07, 6.45) is 7.31. The lowest BCUT2D eigenvalue weighted by Crippen LogP contribution is -2.67. The van der Waals surface area contributed by atoms with Gasteiger partial charge in [-0.1, -0.05) is 24.6 Å². The van der Waals surface area contributed by atoms with E-state index in [1.807, 2.05) is 24.4 Å². The number of benzene rings is 1. The van der Waals surface area contributed by atoms with Gasteiger partial charge in [-0.25, -0.2) is 8.91 Å². The zero-order chi connectivity index (χ0) is 23.9. The van der Waals surface area contributed by atoms with E-state index in [1.54, 1.807) is 10.7 Å². The van der Waals surface area contributed by atoms with Gasteiger partial charge in [-0.3, -0.25) is 9.59 Å². The predicted molar refractivity (Wildman–Crippen MR) is 125 cm³/mol. The average molecular weight is 485 g/mol. The topological polar surface area (TPSA) is 84.7 Å². The summed E-state index contributed by atoms with van der Waals surface area (Å²) < 4.78 is 20.7. The average Bonchev–Trinajstić information content (AvgIpc) is 3.25. The van der Waals surface area contributed by atoms with Crippen LogP contribution in [0.5, 0.6) is 5.75 Å². The maximum atomic E-state index is 13.6. The van der Waals surface area contributed by atoms with Gasteiger partial charge in [0, 0.05) is 23.3 Å². The Hall–Kier alpha value is -3.13. The first-order valence-electron chi connectivity index (χ1n) is 11.4. The fraction of sp³-hybridized carbons (Fsp3) is 0.400.